The van der Waals surface area contributed by atoms with Gasteiger partial charge in [-0.25, -0.2) is 14.8 Å². The number of aromatic nitrogens is 4. The zero-order chi connectivity index (χ0) is 23.0. The number of fused-ring (bicyclic) bond motifs is 1. The summed E-state index contributed by atoms with van der Waals surface area (Å²) in [5.41, 5.74) is 0.284. The smallest absolute Gasteiger partial charge is 0.370 e. The first-order valence-electron chi connectivity index (χ1n) is 9.99. The normalized spacial score (nSPS) is 15.2. The van der Waals surface area contributed by atoms with Crippen LogP contribution < -0.4 is 15.8 Å². The molecule has 0 atom stereocenters. The molecule has 0 unspecified atom stereocenters. The molecule has 0 saturated carbocycles. The lowest BCUT2D eigenvalue weighted by Gasteiger charge is -2.37. The molecule has 0 aliphatic carbocycles. The Hall–Kier alpha value is -3.57. The highest BCUT2D eigenvalue weighted by atomic mass is 19.4. The highest BCUT2D eigenvalue weighted by molar-refractivity contribution is 5.89. The van der Waals surface area contributed by atoms with Gasteiger partial charge in [-0.15, -0.1) is 0 Å². The molecular formula is C20H22F3N7O2. The van der Waals surface area contributed by atoms with Gasteiger partial charge in [0.15, 0.2) is 5.65 Å². The molecule has 1 fully saturated rings. The predicted molar refractivity (Wildman–Crippen MR) is 113 cm³/mol. The van der Waals surface area contributed by atoms with Crippen molar-refractivity contribution in [2.75, 3.05) is 30.4 Å². The number of hydrogen-bond acceptors (Lipinski definition) is 5. The third kappa shape index (κ3) is 4.25. The van der Waals surface area contributed by atoms with E-state index < -0.39 is 29.0 Å². The van der Waals surface area contributed by atoms with E-state index in [1.54, 1.807) is 19.6 Å². The lowest BCUT2D eigenvalue weighted by molar-refractivity contribution is -0.138. The number of aryl methyl sites for hydroxylation is 1. The van der Waals surface area contributed by atoms with Crippen LogP contribution in [0.15, 0.2) is 35.6 Å². The summed E-state index contributed by atoms with van der Waals surface area (Å²) in [4.78, 5) is 39.9. The van der Waals surface area contributed by atoms with Gasteiger partial charge in [0.1, 0.15) is 11.2 Å². The molecule has 12 heteroatoms. The Labute approximate surface area is 180 Å². The number of hydrogen-bond donors (Lipinski definition) is 2. The van der Waals surface area contributed by atoms with Crippen LogP contribution in [0.4, 0.5) is 29.3 Å². The molecule has 1 aliphatic heterocycles. The highest BCUT2D eigenvalue weighted by Crippen LogP contribution is 2.30. The lowest BCUT2D eigenvalue weighted by Crippen LogP contribution is -2.47. The van der Waals surface area contributed by atoms with Gasteiger partial charge in [0, 0.05) is 39.4 Å². The first kappa shape index (κ1) is 21.7. The number of nitrogens with one attached hydrogen (secondary N) is 2. The van der Waals surface area contributed by atoms with Gasteiger partial charge in [-0.05, 0) is 25.0 Å². The van der Waals surface area contributed by atoms with Gasteiger partial charge in [-0.1, -0.05) is 0 Å². The maximum atomic E-state index is 13.1. The van der Waals surface area contributed by atoms with Gasteiger partial charge in [0.2, 0.25) is 0 Å². The number of carbonyl (C=O) groups excluding carboxylic acids is 1. The topological polar surface area (TPSA) is 99.1 Å². The van der Waals surface area contributed by atoms with Crippen molar-refractivity contribution in [1.82, 2.24) is 24.4 Å². The average molecular weight is 449 g/mol. The van der Waals surface area contributed by atoms with Crippen molar-refractivity contribution in [1.29, 1.82) is 0 Å². The van der Waals surface area contributed by atoms with E-state index in [0.717, 1.165) is 15.8 Å². The minimum atomic E-state index is -4.63. The fourth-order valence-corrected chi connectivity index (χ4v) is 3.82. The van der Waals surface area contributed by atoms with Crippen molar-refractivity contribution in [2.24, 2.45) is 7.05 Å². The van der Waals surface area contributed by atoms with Crippen LogP contribution in [0.5, 0.6) is 0 Å². The summed E-state index contributed by atoms with van der Waals surface area (Å²) >= 11 is 0. The number of alkyl halides is 3. The fourth-order valence-electron chi connectivity index (χ4n) is 3.82. The number of H-pyrrole nitrogens is 1. The van der Waals surface area contributed by atoms with Crippen molar-refractivity contribution in [3.05, 3.63) is 46.8 Å². The zero-order valence-electron chi connectivity index (χ0n) is 17.5. The molecule has 0 radical (unpaired) electrons. The second-order valence-corrected chi connectivity index (χ2v) is 7.78. The van der Waals surface area contributed by atoms with Gasteiger partial charge >= 0.3 is 12.2 Å². The van der Waals surface area contributed by atoms with E-state index in [9.17, 15) is 22.8 Å². The molecule has 170 valence electrons. The lowest BCUT2D eigenvalue weighted by atomic mass is 10.0. The molecule has 3 aromatic rings. The molecule has 9 nitrogen and oxygen atoms in total. The Balaban J connectivity index is 1.41. The van der Waals surface area contributed by atoms with E-state index in [1.807, 2.05) is 6.07 Å². The Morgan fingerprint density at radius 3 is 2.66 bits per heavy atom. The van der Waals surface area contributed by atoms with Crippen LogP contribution in [0.3, 0.4) is 0 Å². The predicted octanol–water partition coefficient (Wildman–Crippen LogP) is 2.81. The zero-order valence-corrected chi connectivity index (χ0v) is 17.5. The van der Waals surface area contributed by atoms with E-state index in [-0.39, 0.29) is 6.04 Å². The Morgan fingerprint density at radius 2 is 1.97 bits per heavy atom. The highest BCUT2D eigenvalue weighted by Gasteiger charge is 2.32. The molecule has 2 amide bonds. The van der Waals surface area contributed by atoms with Gasteiger partial charge in [0.25, 0.3) is 5.56 Å². The maximum Gasteiger partial charge on any atom is 0.417 e. The number of imidazole rings is 1. The van der Waals surface area contributed by atoms with Crippen molar-refractivity contribution >= 4 is 28.6 Å². The Morgan fingerprint density at radius 1 is 1.25 bits per heavy atom. The summed E-state index contributed by atoms with van der Waals surface area (Å²) in [6.45, 7) is 1.34. The monoisotopic (exact) mass is 449 g/mol. The molecule has 1 saturated heterocycles. The van der Waals surface area contributed by atoms with Crippen LogP contribution in [0.1, 0.15) is 18.4 Å². The van der Waals surface area contributed by atoms with Gasteiger partial charge in [0.05, 0.1) is 23.8 Å². The average Bonchev–Trinajstić information content (AvgIpc) is 3.23. The van der Waals surface area contributed by atoms with E-state index in [0.29, 0.717) is 43.8 Å². The van der Waals surface area contributed by atoms with E-state index in [4.69, 9.17) is 0 Å². The molecule has 32 heavy (non-hydrogen) atoms. The van der Waals surface area contributed by atoms with Gasteiger partial charge < -0.3 is 24.7 Å². The second-order valence-electron chi connectivity index (χ2n) is 7.78. The third-order valence-corrected chi connectivity index (χ3v) is 5.71. The first-order chi connectivity index (χ1) is 15.1. The van der Waals surface area contributed by atoms with E-state index in [1.165, 1.54) is 11.9 Å². The van der Waals surface area contributed by atoms with Crippen LogP contribution >= 0.6 is 0 Å². The molecule has 1 aliphatic rings. The summed E-state index contributed by atoms with van der Waals surface area (Å²) in [5, 5.41) is 2.34. The summed E-state index contributed by atoms with van der Waals surface area (Å²) in [6, 6.07) is 1.86. The molecule has 0 bridgehead atoms. The van der Waals surface area contributed by atoms with Gasteiger partial charge in [-0.3, -0.25) is 4.79 Å². The van der Waals surface area contributed by atoms with Crippen molar-refractivity contribution < 1.29 is 18.0 Å². The quantitative estimate of drug-likeness (QED) is 0.641. The van der Waals surface area contributed by atoms with Crippen LogP contribution in [0.2, 0.25) is 0 Å². The third-order valence-electron chi connectivity index (χ3n) is 5.71. The number of urea groups is 1. The Kier molecular flexibility index (Phi) is 5.53. The van der Waals surface area contributed by atoms with Crippen molar-refractivity contribution in [2.45, 2.75) is 25.1 Å². The number of rotatable bonds is 3. The van der Waals surface area contributed by atoms with Crippen LogP contribution in [0.25, 0.3) is 11.2 Å². The first-order valence-corrected chi connectivity index (χ1v) is 9.99. The van der Waals surface area contributed by atoms with E-state index in [2.05, 4.69) is 25.2 Å². The number of nitrogens with zero attached hydrogens (tertiary/aromatic N) is 5. The van der Waals surface area contributed by atoms with Crippen LogP contribution in [-0.2, 0) is 13.2 Å². The van der Waals surface area contributed by atoms with Crippen LogP contribution in [0, 0.1) is 0 Å². The molecule has 3 aromatic heterocycles. The van der Waals surface area contributed by atoms with E-state index >= 15 is 0 Å². The number of amides is 2. The molecule has 0 aromatic carbocycles. The molecular weight excluding hydrogens is 427 g/mol. The number of carbonyl (C=O) groups is 1. The second kappa shape index (κ2) is 8.17. The minimum absolute atomic E-state index is 0.122. The number of aromatic amines is 1. The molecule has 2 N–H and O–H groups in total. The fraction of sp³-hybridized carbons (Fsp3) is 0.400. The number of halogens is 3. The van der Waals surface area contributed by atoms with Crippen molar-refractivity contribution in [3.63, 3.8) is 0 Å². The Bertz CT molecular complexity index is 1200. The summed E-state index contributed by atoms with van der Waals surface area (Å²) < 4.78 is 40.0. The summed E-state index contributed by atoms with van der Waals surface area (Å²) in [6.07, 6.45) is 0.732. The standard InChI is InChI=1S/C20H22F3N7O2/c1-28-10-12(20(21,22)23)7-16(18(28)31)27-19(32)29(2)13-3-5-30(6-4-13)14-8-15-17(24-9-14)26-11-25-15/h7-11,13H,3-6H2,1-2H3,(H,27,32)(H,24,25,26). The summed E-state index contributed by atoms with van der Waals surface area (Å²) in [5.74, 6) is 0. The number of anilines is 2. The maximum absolute atomic E-state index is 13.1. The minimum Gasteiger partial charge on any atom is -0.370 e. The largest absolute Gasteiger partial charge is 0.417 e. The number of pyridine rings is 2. The number of piperidine rings is 1. The summed E-state index contributed by atoms with van der Waals surface area (Å²) in [7, 11) is 2.78. The SMILES string of the molecule is CN(C(=O)Nc1cc(C(F)(F)F)cn(C)c1=O)C1CCN(c2cnc3[nH]cnc3c2)CC1. The molecule has 4 heterocycles. The van der Waals surface area contributed by atoms with Crippen molar-refractivity contribution in [3.8, 4) is 0 Å². The van der Waals surface area contributed by atoms with Gasteiger partial charge in [-0.2, -0.15) is 13.2 Å². The molecule has 4 rings (SSSR count). The van der Waals surface area contributed by atoms with Crippen LogP contribution in [-0.4, -0.2) is 56.6 Å². The molecule has 0 spiro atoms.